The highest BCUT2D eigenvalue weighted by atomic mass is 15.2. The number of hydrogen-bond donors (Lipinski definition) is 1. The van der Waals surface area contributed by atoms with Crippen LogP contribution in [-0.2, 0) is 0 Å². The van der Waals surface area contributed by atoms with Gasteiger partial charge in [0.1, 0.15) is 5.82 Å². The summed E-state index contributed by atoms with van der Waals surface area (Å²) in [4.78, 5) is 6.57. The standard InChI is InChI=1S/C10H15N3/c11-9-4-3-7-13(8-9)10-5-1-2-6-12-10/h1-2,5-6,9H,3-4,7-8,11H2. The van der Waals surface area contributed by atoms with Gasteiger partial charge in [0, 0.05) is 25.3 Å². The molecular formula is C10H15N3. The lowest BCUT2D eigenvalue weighted by Gasteiger charge is -2.31. The molecule has 2 heterocycles. The molecule has 0 saturated carbocycles. The molecule has 1 aliphatic heterocycles. The molecule has 0 amide bonds. The average molecular weight is 177 g/mol. The second-order valence-electron chi connectivity index (χ2n) is 3.54. The quantitative estimate of drug-likeness (QED) is 0.696. The number of rotatable bonds is 1. The van der Waals surface area contributed by atoms with E-state index in [-0.39, 0.29) is 0 Å². The highest BCUT2D eigenvalue weighted by Gasteiger charge is 2.16. The smallest absolute Gasteiger partial charge is 0.128 e. The molecule has 0 aliphatic carbocycles. The summed E-state index contributed by atoms with van der Waals surface area (Å²) in [7, 11) is 0. The topological polar surface area (TPSA) is 42.1 Å². The van der Waals surface area contributed by atoms with Gasteiger partial charge in [0.2, 0.25) is 0 Å². The Balaban J connectivity index is 2.08. The third kappa shape index (κ3) is 1.98. The number of nitrogens with two attached hydrogens (primary N) is 1. The number of aromatic nitrogens is 1. The molecule has 1 fully saturated rings. The average Bonchev–Trinajstić information content (AvgIpc) is 2.19. The highest BCUT2D eigenvalue weighted by Crippen LogP contribution is 2.15. The summed E-state index contributed by atoms with van der Waals surface area (Å²) in [5.41, 5.74) is 5.89. The first-order chi connectivity index (χ1) is 6.36. The molecule has 2 N–H and O–H groups in total. The van der Waals surface area contributed by atoms with Gasteiger partial charge in [-0.05, 0) is 25.0 Å². The van der Waals surface area contributed by atoms with Crippen LogP contribution in [0.3, 0.4) is 0 Å². The fourth-order valence-electron chi connectivity index (χ4n) is 1.76. The summed E-state index contributed by atoms with van der Waals surface area (Å²) >= 11 is 0. The fraction of sp³-hybridized carbons (Fsp3) is 0.500. The van der Waals surface area contributed by atoms with E-state index in [4.69, 9.17) is 5.73 Å². The van der Waals surface area contributed by atoms with Crippen molar-refractivity contribution in [3.8, 4) is 0 Å². The summed E-state index contributed by atoms with van der Waals surface area (Å²) < 4.78 is 0. The first-order valence-electron chi connectivity index (χ1n) is 4.78. The first-order valence-corrected chi connectivity index (χ1v) is 4.78. The van der Waals surface area contributed by atoms with Crippen LogP contribution in [0.5, 0.6) is 0 Å². The maximum absolute atomic E-state index is 5.89. The van der Waals surface area contributed by atoms with Crippen LogP contribution in [0.2, 0.25) is 0 Å². The Hall–Kier alpha value is -1.09. The SMILES string of the molecule is NC1CCCN(c2ccccn2)C1. The minimum atomic E-state index is 0.316. The lowest BCUT2D eigenvalue weighted by molar-refractivity contribution is 0.503. The molecule has 1 aliphatic rings. The van der Waals surface area contributed by atoms with E-state index in [1.807, 2.05) is 24.4 Å². The van der Waals surface area contributed by atoms with E-state index in [2.05, 4.69) is 9.88 Å². The summed E-state index contributed by atoms with van der Waals surface area (Å²) in [6, 6.07) is 6.31. The number of pyridine rings is 1. The molecular weight excluding hydrogens is 162 g/mol. The van der Waals surface area contributed by atoms with Crippen molar-refractivity contribution in [1.82, 2.24) is 4.98 Å². The number of nitrogens with zero attached hydrogens (tertiary/aromatic N) is 2. The van der Waals surface area contributed by atoms with Crippen molar-refractivity contribution in [2.24, 2.45) is 5.73 Å². The minimum Gasteiger partial charge on any atom is -0.355 e. The van der Waals surface area contributed by atoms with Crippen molar-refractivity contribution in [3.63, 3.8) is 0 Å². The Kier molecular flexibility index (Phi) is 2.45. The molecule has 3 nitrogen and oxygen atoms in total. The van der Waals surface area contributed by atoms with E-state index in [0.29, 0.717) is 6.04 Å². The van der Waals surface area contributed by atoms with Crippen LogP contribution in [-0.4, -0.2) is 24.1 Å². The largest absolute Gasteiger partial charge is 0.355 e. The molecule has 13 heavy (non-hydrogen) atoms. The number of hydrogen-bond acceptors (Lipinski definition) is 3. The van der Waals surface area contributed by atoms with Crippen molar-refractivity contribution in [2.45, 2.75) is 18.9 Å². The molecule has 0 spiro atoms. The summed E-state index contributed by atoms with van der Waals surface area (Å²) in [6.07, 6.45) is 4.15. The highest BCUT2D eigenvalue weighted by molar-refractivity contribution is 5.38. The van der Waals surface area contributed by atoms with E-state index >= 15 is 0 Å². The summed E-state index contributed by atoms with van der Waals surface area (Å²) in [5, 5.41) is 0. The van der Waals surface area contributed by atoms with Gasteiger partial charge in [-0.2, -0.15) is 0 Å². The molecule has 0 bridgehead atoms. The van der Waals surface area contributed by atoms with Crippen LogP contribution in [0, 0.1) is 0 Å². The van der Waals surface area contributed by atoms with E-state index < -0.39 is 0 Å². The number of anilines is 1. The van der Waals surface area contributed by atoms with Crippen molar-refractivity contribution in [3.05, 3.63) is 24.4 Å². The van der Waals surface area contributed by atoms with Crippen LogP contribution in [0.25, 0.3) is 0 Å². The predicted molar refractivity (Wildman–Crippen MR) is 53.7 cm³/mol. The van der Waals surface area contributed by atoms with Gasteiger partial charge >= 0.3 is 0 Å². The van der Waals surface area contributed by atoms with Gasteiger partial charge in [-0.1, -0.05) is 6.07 Å². The van der Waals surface area contributed by atoms with Crippen LogP contribution >= 0.6 is 0 Å². The molecule has 1 saturated heterocycles. The van der Waals surface area contributed by atoms with Crippen molar-refractivity contribution in [1.29, 1.82) is 0 Å². The normalized spacial score (nSPS) is 23.2. The van der Waals surface area contributed by atoms with Gasteiger partial charge in [-0.15, -0.1) is 0 Å². The molecule has 2 rings (SSSR count). The zero-order valence-electron chi connectivity index (χ0n) is 7.69. The van der Waals surface area contributed by atoms with Crippen LogP contribution in [0.15, 0.2) is 24.4 Å². The summed E-state index contributed by atoms with van der Waals surface area (Å²) in [5.74, 6) is 1.05. The third-order valence-electron chi connectivity index (χ3n) is 2.43. The lowest BCUT2D eigenvalue weighted by atomic mass is 10.1. The summed E-state index contributed by atoms with van der Waals surface area (Å²) in [6.45, 7) is 2.03. The molecule has 70 valence electrons. The minimum absolute atomic E-state index is 0.316. The fourth-order valence-corrected chi connectivity index (χ4v) is 1.76. The van der Waals surface area contributed by atoms with Crippen molar-refractivity contribution < 1.29 is 0 Å². The van der Waals surface area contributed by atoms with Crippen molar-refractivity contribution in [2.75, 3.05) is 18.0 Å². The molecule has 1 atom stereocenters. The van der Waals surface area contributed by atoms with E-state index in [0.717, 1.165) is 25.3 Å². The Labute approximate surface area is 78.6 Å². The maximum atomic E-state index is 5.89. The second kappa shape index (κ2) is 3.75. The Morgan fingerprint density at radius 1 is 1.46 bits per heavy atom. The number of piperidine rings is 1. The first kappa shape index (κ1) is 8.51. The van der Waals surface area contributed by atoms with Crippen LogP contribution in [0.4, 0.5) is 5.82 Å². The van der Waals surface area contributed by atoms with Crippen LogP contribution < -0.4 is 10.6 Å². The Morgan fingerprint density at radius 3 is 3.08 bits per heavy atom. The molecule has 1 aromatic heterocycles. The van der Waals surface area contributed by atoms with Crippen LogP contribution in [0.1, 0.15) is 12.8 Å². The monoisotopic (exact) mass is 177 g/mol. The van der Waals surface area contributed by atoms with Gasteiger partial charge in [0.15, 0.2) is 0 Å². The zero-order chi connectivity index (χ0) is 9.10. The van der Waals surface area contributed by atoms with Gasteiger partial charge in [0.05, 0.1) is 0 Å². The van der Waals surface area contributed by atoms with Gasteiger partial charge in [-0.3, -0.25) is 0 Å². The predicted octanol–water partition coefficient (Wildman–Crippen LogP) is 1.01. The van der Waals surface area contributed by atoms with Gasteiger partial charge < -0.3 is 10.6 Å². The Bertz CT molecular complexity index is 260. The van der Waals surface area contributed by atoms with Gasteiger partial charge in [-0.25, -0.2) is 4.98 Å². The van der Waals surface area contributed by atoms with Gasteiger partial charge in [0.25, 0.3) is 0 Å². The van der Waals surface area contributed by atoms with E-state index in [9.17, 15) is 0 Å². The zero-order valence-corrected chi connectivity index (χ0v) is 7.69. The molecule has 1 unspecified atom stereocenters. The van der Waals surface area contributed by atoms with E-state index in [1.54, 1.807) is 0 Å². The van der Waals surface area contributed by atoms with E-state index in [1.165, 1.54) is 6.42 Å². The lowest BCUT2D eigenvalue weighted by Crippen LogP contribution is -2.43. The third-order valence-corrected chi connectivity index (χ3v) is 2.43. The molecule has 0 radical (unpaired) electrons. The molecule has 3 heteroatoms. The second-order valence-corrected chi connectivity index (χ2v) is 3.54. The molecule has 0 aromatic carbocycles. The van der Waals surface area contributed by atoms with Crippen molar-refractivity contribution >= 4 is 5.82 Å². The Morgan fingerprint density at radius 2 is 2.38 bits per heavy atom. The maximum Gasteiger partial charge on any atom is 0.128 e. The molecule has 1 aromatic rings.